The maximum atomic E-state index is 12.7. The maximum absolute atomic E-state index is 12.7. The second kappa shape index (κ2) is 7.83. The van der Waals surface area contributed by atoms with Gasteiger partial charge in [-0.05, 0) is 25.0 Å². The van der Waals surface area contributed by atoms with Gasteiger partial charge in [-0.3, -0.25) is 14.6 Å². The predicted octanol–water partition coefficient (Wildman–Crippen LogP) is 1.81. The van der Waals surface area contributed by atoms with Crippen molar-refractivity contribution in [3.05, 3.63) is 69.5 Å². The standard InChI is InChI=1S/C21H21N5O3/c1-13-4-3-5-14(2)19(13)29-12-18(27)26-9-6-16-15(11-26)21(28)25-20(24-16)17-10-22-7-8-23-17/h3-5,7-8,10H,6,9,11-12H2,1-2H3,(H,24,25,28). The highest BCUT2D eigenvalue weighted by atomic mass is 16.5. The van der Waals surface area contributed by atoms with Gasteiger partial charge >= 0.3 is 0 Å². The average Bonchev–Trinajstić information content (AvgIpc) is 2.73. The molecule has 8 nitrogen and oxygen atoms in total. The smallest absolute Gasteiger partial charge is 0.260 e. The van der Waals surface area contributed by atoms with E-state index in [0.717, 1.165) is 16.9 Å². The molecule has 0 saturated heterocycles. The highest BCUT2D eigenvalue weighted by Crippen LogP contribution is 2.23. The van der Waals surface area contributed by atoms with Gasteiger partial charge in [0.25, 0.3) is 11.5 Å². The minimum absolute atomic E-state index is 0.0654. The third-order valence-corrected chi connectivity index (χ3v) is 4.98. The summed E-state index contributed by atoms with van der Waals surface area (Å²) in [6.07, 6.45) is 5.16. The Hall–Kier alpha value is -3.55. The fourth-order valence-corrected chi connectivity index (χ4v) is 3.43. The van der Waals surface area contributed by atoms with Gasteiger partial charge in [-0.2, -0.15) is 0 Å². The Morgan fingerprint density at radius 3 is 2.76 bits per heavy atom. The lowest BCUT2D eigenvalue weighted by molar-refractivity contribution is -0.134. The Kier molecular flexibility index (Phi) is 5.07. The lowest BCUT2D eigenvalue weighted by atomic mass is 10.1. The molecule has 8 heteroatoms. The van der Waals surface area contributed by atoms with Crippen molar-refractivity contribution in [2.45, 2.75) is 26.8 Å². The molecule has 3 heterocycles. The number of carbonyl (C=O) groups is 1. The van der Waals surface area contributed by atoms with E-state index < -0.39 is 0 Å². The number of rotatable bonds is 4. The quantitative estimate of drug-likeness (QED) is 0.728. The van der Waals surface area contributed by atoms with Crippen LogP contribution in [0.5, 0.6) is 5.75 Å². The van der Waals surface area contributed by atoms with E-state index >= 15 is 0 Å². The highest BCUT2D eigenvalue weighted by molar-refractivity contribution is 5.78. The van der Waals surface area contributed by atoms with E-state index in [2.05, 4.69) is 19.9 Å². The van der Waals surface area contributed by atoms with Gasteiger partial charge in [0.1, 0.15) is 11.4 Å². The molecule has 148 valence electrons. The van der Waals surface area contributed by atoms with Crippen LogP contribution in [-0.4, -0.2) is 43.9 Å². The third kappa shape index (κ3) is 3.87. The molecule has 1 aliphatic rings. The Labute approximate surface area is 167 Å². The van der Waals surface area contributed by atoms with Crippen LogP contribution in [0.25, 0.3) is 11.5 Å². The molecule has 1 aliphatic heterocycles. The summed E-state index contributed by atoms with van der Waals surface area (Å²) in [6, 6.07) is 5.85. The number of fused-ring (bicyclic) bond motifs is 1. The number of hydrogen-bond acceptors (Lipinski definition) is 6. The van der Waals surface area contributed by atoms with Gasteiger partial charge in [0.15, 0.2) is 12.4 Å². The zero-order chi connectivity index (χ0) is 20.4. The molecule has 0 fully saturated rings. The van der Waals surface area contributed by atoms with Gasteiger partial charge in [0.05, 0.1) is 24.0 Å². The number of nitrogens with one attached hydrogen (secondary N) is 1. The molecule has 2 aromatic heterocycles. The van der Waals surface area contributed by atoms with Gasteiger partial charge in [-0.1, -0.05) is 18.2 Å². The van der Waals surface area contributed by atoms with Crippen LogP contribution in [0.2, 0.25) is 0 Å². The number of benzene rings is 1. The van der Waals surface area contributed by atoms with Crippen molar-refractivity contribution >= 4 is 5.91 Å². The van der Waals surface area contributed by atoms with E-state index in [9.17, 15) is 9.59 Å². The monoisotopic (exact) mass is 391 g/mol. The fourth-order valence-electron chi connectivity index (χ4n) is 3.43. The molecule has 0 aliphatic carbocycles. The maximum Gasteiger partial charge on any atom is 0.260 e. The number of H-pyrrole nitrogens is 1. The molecule has 4 rings (SSSR count). The molecule has 0 unspecified atom stereocenters. The number of carbonyl (C=O) groups excluding carboxylic acids is 1. The summed E-state index contributed by atoms with van der Waals surface area (Å²) in [5, 5.41) is 0. The van der Waals surface area contributed by atoms with Crippen LogP contribution in [0.4, 0.5) is 0 Å². The first kappa shape index (κ1) is 18.8. The molecule has 3 aromatic rings. The zero-order valence-electron chi connectivity index (χ0n) is 16.3. The number of hydrogen-bond donors (Lipinski definition) is 1. The van der Waals surface area contributed by atoms with Crippen LogP contribution < -0.4 is 10.3 Å². The molecule has 0 bridgehead atoms. The largest absolute Gasteiger partial charge is 0.483 e. The Bertz CT molecular complexity index is 1090. The normalized spacial score (nSPS) is 13.1. The van der Waals surface area contributed by atoms with Crippen LogP contribution >= 0.6 is 0 Å². The molecule has 0 atom stereocenters. The van der Waals surface area contributed by atoms with E-state index in [1.807, 2.05) is 32.0 Å². The van der Waals surface area contributed by atoms with Crippen molar-refractivity contribution in [3.8, 4) is 17.3 Å². The van der Waals surface area contributed by atoms with Gasteiger partial charge in [-0.15, -0.1) is 0 Å². The van der Waals surface area contributed by atoms with E-state index in [4.69, 9.17) is 4.74 Å². The minimum atomic E-state index is -0.260. The molecule has 0 spiro atoms. The number of amides is 1. The molecule has 29 heavy (non-hydrogen) atoms. The average molecular weight is 391 g/mol. The lowest BCUT2D eigenvalue weighted by Gasteiger charge is -2.28. The van der Waals surface area contributed by atoms with Crippen molar-refractivity contribution < 1.29 is 9.53 Å². The molecular formula is C21H21N5O3. The Balaban J connectivity index is 1.48. The number of nitrogens with zero attached hydrogens (tertiary/aromatic N) is 4. The summed E-state index contributed by atoms with van der Waals surface area (Å²) in [6.45, 7) is 4.53. The summed E-state index contributed by atoms with van der Waals surface area (Å²) in [5.41, 5.74) is 3.41. The first-order valence-corrected chi connectivity index (χ1v) is 9.38. The molecule has 1 amide bonds. The van der Waals surface area contributed by atoms with Crippen molar-refractivity contribution in [1.29, 1.82) is 0 Å². The van der Waals surface area contributed by atoms with Gasteiger partial charge < -0.3 is 14.6 Å². The number of aryl methyl sites for hydroxylation is 2. The summed E-state index contributed by atoms with van der Waals surface area (Å²) in [7, 11) is 0. The topological polar surface area (TPSA) is 101 Å². The number of ether oxygens (including phenoxy) is 1. The second-order valence-electron chi connectivity index (χ2n) is 7.01. The molecule has 0 radical (unpaired) electrons. The molecule has 1 N–H and O–H groups in total. The van der Waals surface area contributed by atoms with Gasteiger partial charge in [0, 0.05) is 25.4 Å². The predicted molar refractivity (Wildman–Crippen MR) is 106 cm³/mol. The van der Waals surface area contributed by atoms with Crippen LogP contribution in [0.3, 0.4) is 0 Å². The van der Waals surface area contributed by atoms with Crippen molar-refractivity contribution in [1.82, 2.24) is 24.8 Å². The SMILES string of the molecule is Cc1cccc(C)c1OCC(=O)N1CCc2nc(-c3cnccn3)[nH]c(=O)c2C1. The molecular weight excluding hydrogens is 370 g/mol. The van der Waals surface area contributed by atoms with Crippen molar-refractivity contribution in [3.63, 3.8) is 0 Å². The summed E-state index contributed by atoms with van der Waals surface area (Å²) in [5.74, 6) is 0.960. The molecule has 1 aromatic carbocycles. The molecule has 0 saturated carbocycles. The van der Waals surface area contributed by atoms with Crippen LogP contribution in [0.15, 0.2) is 41.6 Å². The minimum Gasteiger partial charge on any atom is -0.483 e. The van der Waals surface area contributed by atoms with Crippen LogP contribution in [-0.2, 0) is 17.8 Å². The van der Waals surface area contributed by atoms with Crippen molar-refractivity contribution in [2.75, 3.05) is 13.2 Å². The first-order chi connectivity index (χ1) is 14.0. The number of para-hydroxylation sites is 1. The second-order valence-corrected chi connectivity index (χ2v) is 7.01. The van der Waals surface area contributed by atoms with Crippen LogP contribution in [0.1, 0.15) is 22.4 Å². The van der Waals surface area contributed by atoms with Crippen molar-refractivity contribution in [2.24, 2.45) is 0 Å². The van der Waals surface area contributed by atoms with Gasteiger partial charge in [0.2, 0.25) is 0 Å². The van der Waals surface area contributed by atoms with E-state index in [1.54, 1.807) is 23.5 Å². The summed E-state index contributed by atoms with van der Waals surface area (Å²) < 4.78 is 5.77. The highest BCUT2D eigenvalue weighted by Gasteiger charge is 2.25. The van der Waals surface area contributed by atoms with Crippen LogP contribution in [0, 0.1) is 13.8 Å². The van der Waals surface area contributed by atoms with Gasteiger partial charge in [-0.25, -0.2) is 9.97 Å². The van der Waals surface area contributed by atoms with E-state index in [-0.39, 0.29) is 24.6 Å². The third-order valence-electron chi connectivity index (χ3n) is 4.98. The summed E-state index contributed by atoms with van der Waals surface area (Å²) in [4.78, 5) is 42.3. The van der Waals surface area contributed by atoms with E-state index in [0.29, 0.717) is 35.7 Å². The number of aromatic nitrogens is 4. The van der Waals surface area contributed by atoms with E-state index in [1.165, 1.54) is 0 Å². The lowest BCUT2D eigenvalue weighted by Crippen LogP contribution is -2.41. The fraction of sp³-hybridized carbons (Fsp3) is 0.286. The first-order valence-electron chi connectivity index (χ1n) is 9.38. The zero-order valence-corrected chi connectivity index (χ0v) is 16.3. The Morgan fingerprint density at radius 2 is 2.03 bits per heavy atom. The summed E-state index contributed by atoms with van der Waals surface area (Å²) >= 11 is 0. The number of aromatic amines is 1. The Morgan fingerprint density at radius 1 is 1.24 bits per heavy atom.